The van der Waals surface area contributed by atoms with Crippen LogP contribution in [0, 0.1) is 0 Å². The molecule has 0 fully saturated rings. The molecule has 6 heteroatoms. The summed E-state index contributed by atoms with van der Waals surface area (Å²) in [6, 6.07) is 5.75. The van der Waals surface area contributed by atoms with Gasteiger partial charge in [-0.1, -0.05) is 6.07 Å². The molecule has 0 saturated heterocycles. The molecule has 1 aromatic carbocycles. The molecule has 0 amide bonds. The van der Waals surface area contributed by atoms with E-state index in [1.54, 1.807) is 11.3 Å². The van der Waals surface area contributed by atoms with Gasteiger partial charge in [0.2, 0.25) is 0 Å². The molecule has 0 N–H and O–H groups in total. The van der Waals surface area contributed by atoms with Crippen LogP contribution in [0.4, 0.5) is 0 Å². The highest BCUT2D eigenvalue weighted by Crippen LogP contribution is 2.41. The molecule has 18 heavy (non-hydrogen) atoms. The number of rotatable bonds is 1. The van der Waals surface area contributed by atoms with Gasteiger partial charge in [-0.3, -0.25) is 0 Å². The fraction of sp³-hybridized carbons (Fsp3) is 0.333. The van der Waals surface area contributed by atoms with E-state index >= 15 is 0 Å². The van der Waals surface area contributed by atoms with Gasteiger partial charge in [0.1, 0.15) is 5.75 Å². The van der Waals surface area contributed by atoms with Crippen molar-refractivity contribution in [2.24, 2.45) is 0 Å². The van der Waals surface area contributed by atoms with Crippen LogP contribution in [0.1, 0.15) is 11.6 Å². The molecule has 1 unspecified atom stereocenters. The molecule has 0 aliphatic carbocycles. The van der Waals surface area contributed by atoms with Crippen LogP contribution in [-0.2, 0) is 10.1 Å². The second-order valence-electron chi connectivity index (χ2n) is 4.60. The number of hydrogen-bond donors (Lipinski definition) is 0. The van der Waals surface area contributed by atoms with Crippen LogP contribution < -0.4 is 4.18 Å². The van der Waals surface area contributed by atoms with E-state index in [2.05, 4.69) is 0 Å². The lowest BCUT2D eigenvalue weighted by molar-refractivity contribution is 0.302. The van der Waals surface area contributed by atoms with Crippen LogP contribution in [0.5, 0.6) is 5.75 Å². The van der Waals surface area contributed by atoms with Gasteiger partial charge in [0, 0.05) is 15.6 Å². The highest BCUT2D eigenvalue weighted by molar-refractivity contribution is 7.87. The highest BCUT2D eigenvalue weighted by atomic mass is 32.2. The molecule has 0 radical (unpaired) electrons. The minimum Gasteiger partial charge on any atom is -0.381 e. The molecule has 0 bridgehead atoms. The van der Waals surface area contributed by atoms with Gasteiger partial charge < -0.3 is 9.08 Å². The summed E-state index contributed by atoms with van der Waals surface area (Å²) in [5, 5.41) is 2.83. The summed E-state index contributed by atoms with van der Waals surface area (Å²) < 4.78 is 30.0. The third-order valence-electron chi connectivity index (χ3n) is 3.17. The van der Waals surface area contributed by atoms with Crippen molar-refractivity contribution in [1.82, 2.24) is 4.90 Å². The van der Waals surface area contributed by atoms with Gasteiger partial charge in [-0.15, -0.1) is 11.3 Å². The lowest BCUT2D eigenvalue weighted by Gasteiger charge is -2.30. The Kier molecular flexibility index (Phi) is 2.62. The normalized spacial score (nSPS) is 21.8. The molecule has 1 aliphatic heterocycles. The summed E-state index contributed by atoms with van der Waals surface area (Å²) in [6.07, 6.45) is 0. The number of hydrogen-bond acceptors (Lipinski definition) is 5. The lowest BCUT2D eigenvalue weighted by Crippen LogP contribution is -2.33. The van der Waals surface area contributed by atoms with Gasteiger partial charge >= 0.3 is 10.1 Å². The third kappa shape index (κ3) is 1.81. The molecule has 1 aromatic heterocycles. The lowest BCUT2D eigenvalue weighted by atomic mass is 10.0. The maximum atomic E-state index is 11.8. The molecule has 96 valence electrons. The van der Waals surface area contributed by atoms with E-state index in [1.165, 1.54) is 0 Å². The second kappa shape index (κ2) is 3.94. The third-order valence-corrected chi connectivity index (χ3v) is 5.20. The summed E-state index contributed by atoms with van der Waals surface area (Å²) in [5.41, 5.74) is 0.945. The topological polar surface area (TPSA) is 46.6 Å². The average Bonchev–Trinajstić information content (AvgIpc) is 2.75. The van der Waals surface area contributed by atoms with E-state index in [1.807, 2.05) is 42.6 Å². The first kappa shape index (κ1) is 12.0. The molecule has 2 heterocycles. The fourth-order valence-electron chi connectivity index (χ4n) is 2.26. The first-order valence-corrected chi connectivity index (χ1v) is 8.02. The zero-order chi connectivity index (χ0) is 12.9. The monoisotopic (exact) mass is 283 g/mol. The van der Waals surface area contributed by atoms with Crippen molar-refractivity contribution < 1.29 is 12.6 Å². The van der Waals surface area contributed by atoms with E-state index < -0.39 is 10.1 Å². The van der Waals surface area contributed by atoms with Crippen LogP contribution in [0.2, 0.25) is 0 Å². The van der Waals surface area contributed by atoms with Gasteiger partial charge in [0.15, 0.2) is 5.75 Å². The summed E-state index contributed by atoms with van der Waals surface area (Å²) in [4.78, 5) is 1.91. The SMILES string of the molecule is CN(C)C1CS(=O)(=O)Oc2c1ccc1sccc21. The van der Waals surface area contributed by atoms with Gasteiger partial charge in [-0.05, 0) is 31.6 Å². The Hall–Kier alpha value is -1.11. The predicted octanol–water partition coefficient (Wildman–Crippen LogP) is 2.23. The first-order chi connectivity index (χ1) is 8.48. The van der Waals surface area contributed by atoms with Crippen molar-refractivity contribution in [2.45, 2.75) is 6.04 Å². The Morgan fingerprint density at radius 2 is 2.11 bits per heavy atom. The van der Waals surface area contributed by atoms with Crippen LogP contribution in [0.15, 0.2) is 23.6 Å². The van der Waals surface area contributed by atoms with Crippen molar-refractivity contribution >= 4 is 31.5 Å². The van der Waals surface area contributed by atoms with Gasteiger partial charge in [0.05, 0.1) is 6.04 Å². The van der Waals surface area contributed by atoms with Crippen LogP contribution in [-0.4, -0.2) is 33.2 Å². The molecule has 3 rings (SSSR count). The van der Waals surface area contributed by atoms with E-state index in [9.17, 15) is 8.42 Å². The molecule has 1 aliphatic rings. The predicted molar refractivity (Wildman–Crippen MR) is 72.7 cm³/mol. The highest BCUT2D eigenvalue weighted by Gasteiger charge is 2.33. The van der Waals surface area contributed by atoms with Crippen molar-refractivity contribution in [1.29, 1.82) is 0 Å². The number of fused-ring (bicyclic) bond motifs is 3. The van der Waals surface area contributed by atoms with Crippen LogP contribution >= 0.6 is 11.3 Å². The maximum absolute atomic E-state index is 11.8. The smallest absolute Gasteiger partial charge is 0.311 e. The number of nitrogens with zero attached hydrogens (tertiary/aromatic N) is 1. The van der Waals surface area contributed by atoms with Gasteiger partial charge in [-0.2, -0.15) is 8.42 Å². The summed E-state index contributed by atoms with van der Waals surface area (Å²) >= 11 is 1.58. The standard InChI is InChI=1S/C12H13NO3S2/c1-13(2)10-7-18(14,15)16-12-8(10)3-4-11-9(12)5-6-17-11/h3-6,10H,7H2,1-2H3. The Labute approximate surface area is 110 Å². The van der Waals surface area contributed by atoms with Crippen molar-refractivity contribution in [3.63, 3.8) is 0 Å². The molecular formula is C12H13NO3S2. The number of benzene rings is 1. The summed E-state index contributed by atoms with van der Waals surface area (Å²) in [6.45, 7) is 0. The molecule has 0 saturated carbocycles. The minimum absolute atomic E-state index is 0.00262. The van der Waals surface area contributed by atoms with Crippen LogP contribution in [0.3, 0.4) is 0 Å². The zero-order valence-electron chi connectivity index (χ0n) is 10.1. The van der Waals surface area contributed by atoms with E-state index in [0.29, 0.717) is 5.75 Å². The quantitative estimate of drug-likeness (QED) is 0.753. The Morgan fingerprint density at radius 1 is 1.33 bits per heavy atom. The zero-order valence-corrected chi connectivity index (χ0v) is 11.7. The van der Waals surface area contributed by atoms with Crippen LogP contribution in [0.25, 0.3) is 10.1 Å². The van der Waals surface area contributed by atoms with Crippen molar-refractivity contribution in [2.75, 3.05) is 19.8 Å². The molecule has 4 nitrogen and oxygen atoms in total. The van der Waals surface area contributed by atoms with Gasteiger partial charge in [-0.25, -0.2) is 0 Å². The Bertz CT molecular complexity index is 703. The summed E-state index contributed by atoms with van der Waals surface area (Å²) in [5.74, 6) is 0.501. The van der Waals surface area contributed by atoms with Crippen molar-refractivity contribution in [3.05, 3.63) is 29.1 Å². The largest absolute Gasteiger partial charge is 0.381 e. The summed E-state index contributed by atoms with van der Waals surface area (Å²) in [7, 11) is 0.267. The molecule has 0 spiro atoms. The van der Waals surface area contributed by atoms with E-state index in [4.69, 9.17) is 4.18 Å². The maximum Gasteiger partial charge on any atom is 0.311 e. The Morgan fingerprint density at radius 3 is 2.83 bits per heavy atom. The molecule has 1 atom stereocenters. The van der Waals surface area contributed by atoms with E-state index in [-0.39, 0.29) is 11.8 Å². The fourth-order valence-corrected chi connectivity index (χ4v) is 4.42. The van der Waals surface area contributed by atoms with Crippen molar-refractivity contribution in [3.8, 4) is 5.75 Å². The molecular weight excluding hydrogens is 270 g/mol. The first-order valence-electron chi connectivity index (χ1n) is 5.56. The number of thiophene rings is 1. The minimum atomic E-state index is -3.50. The van der Waals surface area contributed by atoms with Gasteiger partial charge in [0.25, 0.3) is 0 Å². The second-order valence-corrected chi connectivity index (χ2v) is 7.17. The Balaban J connectivity index is 2.29. The average molecular weight is 283 g/mol. The van der Waals surface area contributed by atoms with E-state index in [0.717, 1.165) is 15.6 Å². The molecule has 2 aromatic rings.